The van der Waals surface area contributed by atoms with Crippen molar-refractivity contribution in [2.24, 2.45) is 5.92 Å². The van der Waals surface area contributed by atoms with E-state index in [1.165, 1.54) is 0 Å². The molecular weight excluding hydrogens is 206 g/mol. The Morgan fingerprint density at radius 1 is 1.38 bits per heavy atom. The fourth-order valence-corrected chi connectivity index (χ4v) is 1.92. The molecule has 94 valence electrons. The minimum Gasteiger partial charge on any atom is -0.444 e. The minimum atomic E-state index is -0.462. The maximum absolute atomic E-state index is 11.9. The first-order valence-electron chi connectivity index (χ1n) is 5.90. The van der Waals surface area contributed by atoms with E-state index in [1.807, 2.05) is 34.6 Å². The summed E-state index contributed by atoms with van der Waals surface area (Å²) in [5.74, 6) is 0.0984. The van der Waals surface area contributed by atoms with Crippen LogP contribution in [0.4, 0.5) is 4.79 Å². The Labute approximate surface area is 97.6 Å². The molecule has 3 unspecified atom stereocenters. The molecule has 0 radical (unpaired) electrons. The van der Waals surface area contributed by atoms with E-state index in [4.69, 9.17) is 4.74 Å². The predicted octanol–water partition coefficient (Wildman–Crippen LogP) is 2.01. The smallest absolute Gasteiger partial charge is 0.410 e. The van der Waals surface area contributed by atoms with Crippen molar-refractivity contribution in [2.45, 2.75) is 58.8 Å². The number of aliphatic hydroxyl groups excluding tert-OH is 1. The summed E-state index contributed by atoms with van der Waals surface area (Å²) in [5.41, 5.74) is -0.462. The number of carbonyl (C=O) groups is 1. The van der Waals surface area contributed by atoms with Gasteiger partial charge in [-0.05, 0) is 34.1 Å². The van der Waals surface area contributed by atoms with Crippen molar-refractivity contribution in [3.8, 4) is 0 Å². The van der Waals surface area contributed by atoms with Gasteiger partial charge in [-0.1, -0.05) is 6.92 Å². The van der Waals surface area contributed by atoms with Gasteiger partial charge in [-0.3, -0.25) is 0 Å². The van der Waals surface area contributed by atoms with Gasteiger partial charge in [0.25, 0.3) is 0 Å². The molecule has 1 N–H and O–H groups in total. The molecule has 1 rings (SSSR count). The molecule has 0 spiro atoms. The highest BCUT2D eigenvalue weighted by Gasteiger charge is 2.35. The van der Waals surface area contributed by atoms with Crippen LogP contribution >= 0.6 is 0 Å². The zero-order valence-corrected chi connectivity index (χ0v) is 10.9. The number of hydrogen-bond acceptors (Lipinski definition) is 3. The Kier molecular flexibility index (Phi) is 3.84. The van der Waals surface area contributed by atoms with E-state index in [0.717, 1.165) is 0 Å². The lowest BCUT2D eigenvalue weighted by Crippen LogP contribution is -2.52. The number of hydrogen-bond donors (Lipinski definition) is 1. The number of ether oxygens (including phenoxy) is 1. The predicted molar refractivity (Wildman–Crippen MR) is 62.2 cm³/mol. The van der Waals surface area contributed by atoms with E-state index in [-0.39, 0.29) is 24.2 Å². The number of carbonyl (C=O) groups excluding carboxylic acids is 1. The second-order valence-corrected chi connectivity index (χ2v) is 5.63. The third-order valence-corrected chi connectivity index (χ3v) is 3.15. The van der Waals surface area contributed by atoms with Crippen molar-refractivity contribution in [2.75, 3.05) is 6.54 Å². The topological polar surface area (TPSA) is 49.8 Å². The number of likely N-dealkylation sites (tertiary alicyclic amines) is 1. The third kappa shape index (κ3) is 3.11. The van der Waals surface area contributed by atoms with Gasteiger partial charge in [0.05, 0.1) is 6.10 Å². The zero-order chi connectivity index (χ0) is 12.5. The van der Waals surface area contributed by atoms with Crippen LogP contribution in [0, 0.1) is 5.92 Å². The van der Waals surface area contributed by atoms with Crippen LogP contribution in [0.2, 0.25) is 0 Å². The summed E-state index contributed by atoms with van der Waals surface area (Å²) < 4.78 is 5.34. The van der Waals surface area contributed by atoms with Gasteiger partial charge in [0, 0.05) is 18.5 Å². The molecule has 4 heteroatoms. The molecular formula is C12H23NO3. The van der Waals surface area contributed by atoms with Gasteiger partial charge in [-0.2, -0.15) is 0 Å². The van der Waals surface area contributed by atoms with E-state index in [2.05, 4.69) is 0 Å². The van der Waals surface area contributed by atoms with E-state index in [0.29, 0.717) is 13.0 Å². The molecule has 1 saturated heterocycles. The summed E-state index contributed by atoms with van der Waals surface area (Å²) in [6.07, 6.45) is 0.0394. The summed E-state index contributed by atoms with van der Waals surface area (Å²) >= 11 is 0. The van der Waals surface area contributed by atoms with Crippen molar-refractivity contribution in [3.05, 3.63) is 0 Å². The van der Waals surface area contributed by atoms with Crippen molar-refractivity contribution >= 4 is 6.09 Å². The molecule has 0 aliphatic carbocycles. The molecule has 0 bridgehead atoms. The molecule has 0 aromatic rings. The normalized spacial score (nSPS) is 31.4. The van der Waals surface area contributed by atoms with Crippen LogP contribution in [-0.4, -0.2) is 40.4 Å². The van der Waals surface area contributed by atoms with Crippen LogP contribution in [0.15, 0.2) is 0 Å². The Morgan fingerprint density at radius 3 is 2.44 bits per heavy atom. The standard InChI is InChI=1S/C12H23NO3/c1-8-9(2)13(7-6-10(8)14)11(15)16-12(3,4)5/h8-10,14H,6-7H2,1-5H3. The molecule has 3 atom stereocenters. The van der Waals surface area contributed by atoms with Crippen molar-refractivity contribution in [1.82, 2.24) is 4.90 Å². The maximum Gasteiger partial charge on any atom is 0.410 e. The molecule has 1 fully saturated rings. The van der Waals surface area contributed by atoms with Crippen LogP contribution in [0.1, 0.15) is 41.0 Å². The van der Waals surface area contributed by atoms with Gasteiger partial charge in [-0.15, -0.1) is 0 Å². The van der Waals surface area contributed by atoms with Crippen LogP contribution < -0.4 is 0 Å². The van der Waals surface area contributed by atoms with Crippen LogP contribution in [0.5, 0.6) is 0 Å². The van der Waals surface area contributed by atoms with Crippen molar-refractivity contribution in [3.63, 3.8) is 0 Å². The molecule has 1 aliphatic heterocycles. The minimum absolute atomic E-state index is 0.0265. The second kappa shape index (κ2) is 4.62. The molecule has 0 saturated carbocycles. The highest BCUT2D eigenvalue weighted by Crippen LogP contribution is 2.25. The van der Waals surface area contributed by atoms with E-state index in [9.17, 15) is 9.90 Å². The van der Waals surface area contributed by atoms with Gasteiger partial charge in [0.2, 0.25) is 0 Å². The highest BCUT2D eigenvalue weighted by molar-refractivity contribution is 5.68. The molecule has 4 nitrogen and oxygen atoms in total. The van der Waals surface area contributed by atoms with E-state index in [1.54, 1.807) is 4.90 Å². The Morgan fingerprint density at radius 2 is 1.94 bits per heavy atom. The SMILES string of the molecule is CC1C(O)CCN(C(=O)OC(C)(C)C)C1C. The monoisotopic (exact) mass is 229 g/mol. The Balaban J connectivity index is 2.64. The molecule has 0 aromatic carbocycles. The van der Waals surface area contributed by atoms with Gasteiger partial charge in [0.15, 0.2) is 0 Å². The van der Waals surface area contributed by atoms with Gasteiger partial charge in [-0.25, -0.2) is 4.79 Å². The summed E-state index contributed by atoms with van der Waals surface area (Å²) in [4.78, 5) is 13.6. The van der Waals surface area contributed by atoms with Gasteiger partial charge in [0.1, 0.15) is 5.60 Å². The number of aliphatic hydroxyl groups is 1. The number of amides is 1. The molecule has 0 aromatic heterocycles. The van der Waals surface area contributed by atoms with Gasteiger partial charge >= 0.3 is 6.09 Å². The van der Waals surface area contributed by atoms with Crippen LogP contribution in [-0.2, 0) is 4.74 Å². The Bertz CT molecular complexity index is 259. The highest BCUT2D eigenvalue weighted by atomic mass is 16.6. The van der Waals surface area contributed by atoms with Crippen LogP contribution in [0.3, 0.4) is 0 Å². The summed E-state index contributed by atoms with van der Waals surface area (Å²) in [6, 6.07) is 0.0265. The first-order valence-corrected chi connectivity index (χ1v) is 5.90. The first-order chi connectivity index (χ1) is 7.22. The Hall–Kier alpha value is -0.770. The molecule has 1 heterocycles. The fourth-order valence-electron chi connectivity index (χ4n) is 1.92. The second-order valence-electron chi connectivity index (χ2n) is 5.63. The average Bonchev–Trinajstić information content (AvgIpc) is 2.11. The lowest BCUT2D eigenvalue weighted by atomic mass is 9.89. The lowest BCUT2D eigenvalue weighted by molar-refractivity contribution is -0.0267. The summed E-state index contributed by atoms with van der Waals surface area (Å²) in [5, 5.41) is 9.70. The first kappa shape index (κ1) is 13.3. The summed E-state index contributed by atoms with van der Waals surface area (Å²) in [7, 11) is 0. The lowest BCUT2D eigenvalue weighted by Gasteiger charge is -2.40. The average molecular weight is 229 g/mol. The maximum atomic E-state index is 11.9. The van der Waals surface area contributed by atoms with Crippen molar-refractivity contribution in [1.29, 1.82) is 0 Å². The third-order valence-electron chi connectivity index (χ3n) is 3.15. The summed E-state index contributed by atoms with van der Waals surface area (Å²) in [6.45, 7) is 10.1. The molecule has 1 amide bonds. The number of rotatable bonds is 0. The largest absolute Gasteiger partial charge is 0.444 e. The number of piperidine rings is 1. The number of nitrogens with zero attached hydrogens (tertiary/aromatic N) is 1. The molecule has 16 heavy (non-hydrogen) atoms. The van der Waals surface area contributed by atoms with Crippen molar-refractivity contribution < 1.29 is 14.6 Å². The molecule has 1 aliphatic rings. The van der Waals surface area contributed by atoms with Gasteiger partial charge < -0.3 is 14.7 Å². The van der Waals surface area contributed by atoms with Crippen LogP contribution in [0.25, 0.3) is 0 Å². The zero-order valence-electron chi connectivity index (χ0n) is 10.9. The quantitative estimate of drug-likeness (QED) is 0.691. The fraction of sp³-hybridized carbons (Fsp3) is 0.917. The van der Waals surface area contributed by atoms with E-state index < -0.39 is 5.60 Å². The van der Waals surface area contributed by atoms with E-state index >= 15 is 0 Å².